The number of carbonyl (C=O) groups is 1. The largest absolute Gasteiger partial charge is 0.497 e. The van der Waals surface area contributed by atoms with Crippen LogP contribution in [0.3, 0.4) is 0 Å². The van der Waals surface area contributed by atoms with Crippen LogP contribution in [0.2, 0.25) is 0 Å². The fraction of sp³-hybridized carbons (Fsp3) is 0.211. The van der Waals surface area contributed by atoms with Crippen LogP contribution in [0.4, 0.5) is 5.69 Å². The summed E-state index contributed by atoms with van der Waals surface area (Å²) in [5, 5.41) is 0. The molecule has 0 saturated heterocycles. The van der Waals surface area contributed by atoms with Crippen molar-refractivity contribution in [2.45, 2.75) is 0 Å². The lowest BCUT2D eigenvalue weighted by Crippen LogP contribution is -2.05. The molecule has 0 aliphatic heterocycles. The third-order valence-electron chi connectivity index (χ3n) is 3.70. The van der Waals surface area contributed by atoms with Gasteiger partial charge in [0.05, 0.1) is 44.2 Å². The molecule has 0 aliphatic carbocycles. The van der Waals surface area contributed by atoms with E-state index in [0.29, 0.717) is 38.7 Å². The lowest BCUT2D eigenvalue weighted by atomic mass is 10.1. The minimum Gasteiger partial charge on any atom is -0.497 e. The Kier molecular flexibility index (Phi) is 6.52. The molecule has 0 radical (unpaired) electrons. The second kappa shape index (κ2) is 8.62. The van der Waals surface area contributed by atoms with Gasteiger partial charge in [-0.2, -0.15) is 0 Å². The number of benzene rings is 2. The van der Waals surface area contributed by atoms with Crippen LogP contribution in [-0.4, -0.2) is 34.2 Å². The number of rotatable bonds is 7. The number of nitrogens with two attached hydrogens (primary N) is 1. The topological polar surface area (TPSA) is 80.0 Å². The minimum atomic E-state index is -0.283. The number of carbonyl (C=O) groups excluding carboxylic acids is 1. The third kappa shape index (κ3) is 4.11. The first kappa shape index (κ1) is 19.7. The van der Waals surface area contributed by atoms with Crippen LogP contribution in [0.25, 0.3) is 6.08 Å². The van der Waals surface area contributed by atoms with Crippen molar-refractivity contribution >= 4 is 33.5 Å². The van der Waals surface area contributed by atoms with E-state index in [0.717, 1.165) is 5.56 Å². The van der Waals surface area contributed by atoms with E-state index in [1.165, 1.54) is 28.4 Å². The van der Waals surface area contributed by atoms with Crippen LogP contribution in [0, 0.1) is 0 Å². The van der Waals surface area contributed by atoms with E-state index in [9.17, 15) is 4.79 Å². The standard InChI is InChI=1S/C19H20BrNO5/c1-23-12-9-13(19(26-4)17(10-12)25-3)18(22)14(20)7-11-5-6-15(21)16(8-11)24-2/h5-10H,21H2,1-4H3. The summed E-state index contributed by atoms with van der Waals surface area (Å²) in [5.41, 5.74) is 7.40. The van der Waals surface area contributed by atoms with Gasteiger partial charge in [-0.15, -0.1) is 0 Å². The quantitative estimate of drug-likeness (QED) is 0.414. The predicted octanol–water partition coefficient (Wildman–Crippen LogP) is 3.92. The van der Waals surface area contributed by atoms with E-state index in [4.69, 9.17) is 24.7 Å². The number of ketones is 1. The van der Waals surface area contributed by atoms with Gasteiger partial charge in [0.2, 0.25) is 5.78 Å². The highest BCUT2D eigenvalue weighted by Crippen LogP contribution is 2.37. The average Bonchev–Trinajstić information content (AvgIpc) is 2.67. The first-order valence-electron chi connectivity index (χ1n) is 7.60. The molecule has 0 heterocycles. The highest BCUT2D eigenvalue weighted by atomic mass is 79.9. The van der Waals surface area contributed by atoms with Gasteiger partial charge in [-0.3, -0.25) is 4.79 Å². The molecule has 0 aromatic heterocycles. The Balaban J connectivity index is 2.47. The van der Waals surface area contributed by atoms with Gasteiger partial charge in [0, 0.05) is 6.07 Å². The highest BCUT2D eigenvalue weighted by molar-refractivity contribution is 9.12. The molecule has 138 valence electrons. The molecule has 2 N–H and O–H groups in total. The average molecular weight is 422 g/mol. The Bertz CT molecular complexity index is 848. The van der Waals surface area contributed by atoms with E-state index in [1.54, 1.807) is 36.4 Å². The van der Waals surface area contributed by atoms with E-state index in [2.05, 4.69) is 15.9 Å². The van der Waals surface area contributed by atoms with Gasteiger partial charge in [-0.05, 0) is 45.8 Å². The van der Waals surface area contributed by atoms with Gasteiger partial charge in [0.15, 0.2) is 11.5 Å². The van der Waals surface area contributed by atoms with Crippen molar-refractivity contribution in [3.8, 4) is 23.0 Å². The van der Waals surface area contributed by atoms with Crippen molar-refractivity contribution in [2.24, 2.45) is 0 Å². The van der Waals surface area contributed by atoms with E-state index >= 15 is 0 Å². The summed E-state index contributed by atoms with van der Waals surface area (Å²) in [6, 6.07) is 8.49. The van der Waals surface area contributed by atoms with Crippen molar-refractivity contribution in [1.82, 2.24) is 0 Å². The molecule has 0 fully saturated rings. The van der Waals surface area contributed by atoms with Crippen molar-refractivity contribution < 1.29 is 23.7 Å². The van der Waals surface area contributed by atoms with Crippen molar-refractivity contribution in [1.29, 1.82) is 0 Å². The predicted molar refractivity (Wildman–Crippen MR) is 105 cm³/mol. The molecule has 0 bridgehead atoms. The summed E-state index contributed by atoms with van der Waals surface area (Å²) in [6.45, 7) is 0. The summed E-state index contributed by atoms with van der Waals surface area (Å²) in [7, 11) is 6.02. The second-order valence-electron chi connectivity index (χ2n) is 5.23. The number of hydrogen-bond acceptors (Lipinski definition) is 6. The molecule has 0 atom stereocenters. The van der Waals surface area contributed by atoms with Crippen molar-refractivity contribution in [3.05, 3.63) is 45.9 Å². The van der Waals surface area contributed by atoms with Crippen LogP contribution < -0.4 is 24.7 Å². The second-order valence-corrected chi connectivity index (χ2v) is 6.09. The first-order valence-corrected chi connectivity index (χ1v) is 8.39. The van der Waals surface area contributed by atoms with Crippen LogP contribution in [-0.2, 0) is 0 Å². The Morgan fingerprint density at radius 1 is 0.962 bits per heavy atom. The van der Waals surface area contributed by atoms with E-state index in [1.807, 2.05) is 0 Å². The fourth-order valence-electron chi connectivity index (χ4n) is 2.38. The molecule has 7 heteroatoms. The Hall–Kier alpha value is -2.67. The highest BCUT2D eigenvalue weighted by Gasteiger charge is 2.21. The summed E-state index contributed by atoms with van der Waals surface area (Å²) in [6.07, 6.45) is 1.68. The maximum atomic E-state index is 12.9. The van der Waals surface area contributed by atoms with E-state index in [-0.39, 0.29) is 5.78 Å². The number of nitrogen functional groups attached to an aromatic ring is 1. The SMILES string of the molecule is COc1cc(OC)c(OC)c(C(=O)C(Br)=Cc2ccc(N)c(OC)c2)c1. The summed E-state index contributed by atoms with van der Waals surface area (Å²) < 4.78 is 21.4. The molecule has 0 spiro atoms. The molecular formula is C19H20BrNO5. The van der Waals surface area contributed by atoms with Crippen LogP contribution in [0.1, 0.15) is 15.9 Å². The van der Waals surface area contributed by atoms with Crippen molar-refractivity contribution in [2.75, 3.05) is 34.2 Å². The summed E-state index contributed by atoms with van der Waals surface area (Å²) in [5.74, 6) is 1.48. The van der Waals surface area contributed by atoms with Crippen LogP contribution >= 0.6 is 15.9 Å². The molecule has 2 aromatic carbocycles. The number of methoxy groups -OCH3 is 4. The van der Waals surface area contributed by atoms with E-state index < -0.39 is 0 Å². The zero-order valence-corrected chi connectivity index (χ0v) is 16.5. The van der Waals surface area contributed by atoms with Crippen molar-refractivity contribution in [3.63, 3.8) is 0 Å². The lowest BCUT2D eigenvalue weighted by Gasteiger charge is -2.14. The van der Waals surface area contributed by atoms with Gasteiger partial charge in [0.25, 0.3) is 0 Å². The molecule has 2 aromatic rings. The molecule has 2 rings (SSSR count). The van der Waals surface area contributed by atoms with Gasteiger partial charge < -0.3 is 24.7 Å². The lowest BCUT2D eigenvalue weighted by molar-refractivity contribution is 0.104. The Morgan fingerprint density at radius 3 is 2.23 bits per heavy atom. The molecule has 0 aliphatic rings. The fourth-order valence-corrected chi connectivity index (χ4v) is 2.86. The van der Waals surface area contributed by atoms with Gasteiger partial charge in [0.1, 0.15) is 11.5 Å². The number of anilines is 1. The maximum Gasteiger partial charge on any atom is 0.203 e. The Morgan fingerprint density at radius 2 is 1.65 bits per heavy atom. The summed E-state index contributed by atoms with van der Waals surface area (Å²) >= 11 is 3.34. The zero-order chi connectivity index (χ0) is 19.3. The molecule has 6 nitrogen and oxygen atoms in total. The zero-order valence-electron chi connectivity index (χ0n) is 15.0. The van der Waals surface area contributed by atoms with Crippen LogP contribution in [0.15, 0.2) is 34.8 Å². The minimum absolute atomic E-state index is 0.283. The van der Waals surface area contributed by atoms with Crippen LogP contribution in [0.5, 0.6) is 23.0 Å². The number of Topliss-reactive ketones (excluding diaryl/α,β-unsaturated/α-hetero) is 1. The summed E-state index contributed by atoms with van der Waals surface area (Å²) in [4.78, 5) is 12.9. The normalized spacial score (nSPS) is 11.0. The smallest absolute Gasteiger partial charge is 0.203 e. The van der Waals surface area contributed by atoms with Gasteiger partial charge in [-0.1, -0.05) is 6.07 Å². The molecule has 0 saturated carbocycles. The van der Waals surface area contributed by atoms with Gasteiger partial charge >= 0.3 is 0 Å². The molecule has 0 unspecified atom stereocenters. The third-order valence-corrected chi connectivity index (χ3v) is 4.29. The number of halogens is 1. The number of ether oxygens (including phenoxy) is 4. The maximum absolute atomic E-state index is 12.9. The molecule has 26 heavy (non-hydrogen) atoms. The Labute approximate surface area is 160 Å². The van der Waals surface area contributed by atoms with Gasteiger partial charge in [-0.25, -0.2) is 0 Å². The molecular weight excluding hydrogens is 402 g/mol. The number of allylic oxidation sites excluding steroid dienone is 1. The molecule has 0 amide bonds. The monoisotopic (exact) mass is 421 g/mol. The number of hydrogen-bond donors (Lipinski definition) is 1. The first-order chi connectivity index (χ1) is 12.4.